The summed E-state index contributed by atoms with van der Waals surface area (Å²) in [7, 11) is 0. The summed E-state index contributed by atoms with van der Waals surface area (Å²) in [6.07, 6.45) is 1.54. The van der Waals surface area contributed by atoms with Crippen molar-refractivity contribution in [1.82, 2.24) is 0 Å². The molecule has 0 radical (unpaired) electrons. The maximum Gasteiger partial charge on any atom is 0.573 e. The van der Waals surface area contributed by atoms with Crippen molar-refractivity contribution < 1.29 is 26.7 Å². The van der Waals surface area contributed by atoms with Crippen LogP contribution in [0.2, 0.25) is 0 Å². The molecule has 6 heteroatoms. The summed E-state index contributed by atoms with van der Waals surface area (Å²) < 4.78 is 69.4. The minimum absolute atomic E-state index is 0.332. The van der Waals surface area contributed by atoms with Gasteiger partial charge in [-0.05, 0) is 66.1 Å². The summed E-state index contributed by atoms with van der Waals surface area (Å²) in [5, 5.41) is 0. The quantitative estimate of drug-likeness (QED) is 0.374. The maximum absolute atomic E-state index is 14.6. The molecule has 3 rings (SSSR count). The Labute approximate surface area is 160 Å². The average Bonchev–Trinajstić information content (AvgIpc) is 2.61. The number of halogens is 5. The van der Waals surface area contributed by atoms with Crippen LogP contribution in [0.15, 0.2) is 30.3 Å². The van der Waals surface area contributed by atoms with Gasteiger partial charge in [-0.15, -0.1) is 13.2 Å². The molecule has 0 unspecified atom stereocenters. The third kappa shape index (κ3) is 4.91. The highest BCUT2D eigenvalue weighted by atomic mass is 19.4. The van der Waals surface area contributed by atoms with Gasteiger partial charge in [-0.25, -0.2) is 8.78 Å². The Bertz CT molecular complexity index is 883. The number of alkyl halides is 3. The third-order valence-electron chi connectivity index (χ3n) is 4.86. The SMILES string of the molecule is CCCCCc1ccc(C2=Cc3cc(F)c(OC(F)(F)F)cc3CC2)c(F)c1. The first kappa shape index (κ1) is 20.4. The molecule has 0 spiro atoms. The first-order chi connectivity index (χ1) is 13.3. The Kier molecular flexibility index (Phi) is 6.06. The molecule has 0 amide bonds. The molecule has 0 N–H and O–H groups in total. The van der Waals surface area contributed by atoms with Crippen LogP contribution in [0.3, 0.4) is 0 Å². The topological polar surface area (TPSA) is 9.23 Å². The standard InChI is InChI=1S/C22H21F5O/c1-2-3-4-5-14-6-9-18(19(23)10-14)16-8-7-15-13-21(28-22(25,26)27)20(24)12-17(15)11-16/h6,9-13H,2-5,7-8H2,1H3. The molecule has 2 aromatic rings. The van der Waals surface area contributed by atoms with Crippen LogP contribution in [0.1, 0.15) is 54.9 Å². The van der Waals surface area contributed by atoms with E-state index in [1.54, 1.807) is 12.1 Å². The summed E-state index contributed by atoms with van der Waals surface area (Å²) in [6.45, 7) is 2.11. The van der Waals surface area contributed by atoms with E-state index in [0.29, 0.717) is 35.1 Å². The Balaban J connectivity index is 1.84. The van der Waals surface area contributed by atoms with E-state index in [0.717, 1.165) is 43.4 Å². The first-order valence-corrected chi connectivity index (χ1v) is 9.34. The fraction of sp³-hybridized carbons (Fsp3) is 0.364. The number of benzene rings is 2. The Morgan fingerprint density at radius 1 is 0.964 bits per heavy atom. The lowest BCUT2D eigenvalue weighted by molar-refractivity contribution is -0.275. The number of rotatable bonds is 6. The third-order valence-corrected chi connectivity index (χ3v) is 4.86. The zero-order valence-electron chi connectivity index (χ0n) is 15.5. The van der Waals surface area contributed by atoms with Crippen molar-refractivity contribution >= 4 is 11.6 Å². The van der Waals surface area contributed by atoms with Gasteiger partial charge in [0.05, 0.1) is 0 Å². The van der Waals surface area contributed by atoms with Crippen LogP contribution >= 0.6 is 0 Å². The molecule has 1 aliphatic rings. The van der Waals surface area contributed by atoms with Crippen LogP contribution < -0.4 is 4.74 Å². The second-order valence-corrected chi connectivity index (χ2v) is 6.97. The van der Waals surface area contributed by atoms with E-state index in [1.165, 1.54) is 6.07 Å². The van der Waals surface area contributed by atoms with Crippen molar-refractivity contribution in [3.8, 4) is 5.75 Å². The van der Waals surface area contributed by atoms with E-state index in [1.807, 2.05) is 6.07 Å². The molecule has 0 aliphatic heterocycles. The summed E-state index contributed by atoms with van der Waals surface area (Å²) in [6, 6.07) is 7.23. The van der Waals surface area contributed by atoms with Crippen molar-refractivity contribution in [1.29, 1.82) is 0 Å². The van der Waals surface area contributed by atoms with Crippen LogP contribution in [-0.2, 0) is 12.8 Å². The normalized spacial score (nSPS) is 13.9. The smallest absolute Gasteiger partial charge is 0.403 e. The lowest BCUT2D eigenvalue weighted by Crippen LogP contribution is -2.18. The minimum atomic E-state index is -4.95. The second-order valence-electron chi connectivity index (χ2n) is 6.97. The molecular formula is C22H21F5O. The van der Waals surface area contributed by atoms with E-state index in [-0.39, 0.29) is 5.82 Å². The molecule has 2 aromatic carbocycles. The van der Waals surface area contributed by atoms with Gasteiger partial charge in [0.2, 0.25) is 0 Å². The molecule has 0 fully saturated rings. The molecule has 0 aromatic heterocycles. The van der Waals surface area contributed by atoms with Crippen LogP contribution in [0.4, 0.5) is 22.0 Å². The van der Waals surface area contributed by atoms with Gasteiger partial charge in [-0.3, -0.25) is 0 Å². The first-order valence-electron chi connectivity index (χ1n) is 9.34. The van der Waals surface area contributed by atoms with Gasteiger partial charge in [0.15, 0.2) is 11.6 Å². The van der Waals surface area contributed by atoms with Gasteiger partial charge in [-0.2, -0.15) is 0 Å². The molecule has 150 valence electrons. The van der Waals surface area contributed by atoms with Crippen LogP contribution in [0.5, 0.6) is 5.75 Å². The van der Waals surface area contributed by atoms with Crippen molar-refractivity contribution in [2.45, 2.75) is 51.8 Å². The van der Waals surface area contributed by atoms with E-state index < -0.39 is 17.9 Å². The number of unbranched alkanes of at least 4 members (excludes halogenated alkanes) is 2. The van der Waals surface area contributed by atoms with Gasteiger partial charge < -0.3 is 4.74 Å². The van der Waals surface area contributed by atoms with Crippen molar-refractivity contribution in [2.24, 2.45) is 0 Å². The second kappa shape index (κ2) is 8.33. The molecule has 0 saturated carbocycles. The Hall–Kier alpha value is -2.37. The molecule has 0 saturated heterocycles. The lowest BCUT2D eigenvalue weighted by atomic mass is 9.88. The fourth-order valence-electron chi connectivity index (χ4n) is 3.46. The fourth-order valence-corrected chi connectivity index (χ4v) is 3.46. The van der Waals surface area contributed by atoms with Crippen molar-refractivity contribution in [3.05, 3.63) is 64.2 Å². The number of hydrogen-bond donors (Lipinski definition) is 0. The Morgan fingerprint density at radius 3 is 2.43 bits per heavy atom. The van der Waals surface area contributed by atoms with Crippen LogP contribution in [0.25, 0.3) is 11.6 Å². The lowest BCUT2D eigenvalue weighted by Gasteiger charge is -2.19. The highest BCUT2D eigenvalue weighted by Gasteiger charge is 2.33. The van der Waals surface area contributed by atoms with Gasteiger partial charge >= 0.3 is 6.36 Å². The molecule has 28 heavy (non-hydrogen) atoms. The number of hydrogen-bond acceptors (Lipinski definition) is 1. The predicted octanol–water partition coefficient (Wildman–Crippen LogP) is 7.08. The molecular weight excluding hydrogens is 375 g/mol. The maximum atomic E-state index is 14.6. The summed E-state index contributed by atoms with van der Waals surface area (Å²) in [5.74, 6) is -2.27. The molecule has 0 bridgehead atoms. The van der Waals surface area contributed by atoms with E-state index >= 15 is 0 Å². The monoisotopic (exact) mass is 396 g/mol. The molecule has 1 nitrogen and oxygen atoms in total. The number of ether oxygens (including phenoxy) is 1. The van der Waals surface area contributed by atoms with Crippen LogP contribution in [0, 0.1) is 11.6 Å². The molecule has 0 atom stereocenters. The summed E-state index contributed by atoms with van der Waals surface area (Å²) >= 11 is 0. The predicted molar refractivity (Wildman–Crippen MR) is 98.9 cm³/mol. The highest BCUT2D eigenvalue weighted by Crippen LogP contribution is 2.36. The largest absolute Gasteiger partial charge is 0.573 e. The van der Waals surface area contributed by atoms with Crippen molar-refractivity contribution in [2.75, 3.05) is 0 Å². The zero-order valence-corrected chi connectivity index (χ0v) is 15.5. The Morgan fingerprint density at radius 2 is 1.75 bits per heavy atom. The van der Waals surface area contributed by atoms with Gasteiger partial charge in [0.25, 0.3) is 0 Å². The van der Waals surface area contributed by atoms with E-state index in [2.05, 4.69) is 11.7 Å². The van der Waals surface area contributed by atoms with Crippen molar-refractivity contribution in [3.63, 3.8) is 0 Å². The average molecular weight is 396 g/mol. The summed E-state index contributed by atoms with van der Waals surface area (Å²) in [4.78, 5) is 0. The van der Waals surface area contributed by atoms with E-state index in [4.69, 9.17) is 0 Å². The van der Waals surface area contributed by atoms with Gasteiger partial charge in [0.1, 0.15) is 5.82 Å². The van der Waals surface area contributed by atoms with Gasteiger partial charge in [-0.1, -0.05) is 38.0 Å². The number of fused-ring (bicyclic) bond motifs is 1. The molecule has 1 aliphatic carbocycles. The highest BCUT2D eigenvalue weighted by molar-refractivity contribution is 5.85. The molecule has 0 heterocycles. The zero-order chi connectivity index (χ0) is 20.3. The number of allylic oxidation sites excluding steroid dienone is 1. The van der Waals surface area contributed by atoms with E-state index in [9.17, 15) is 22.0 Å². The van der Waals surface area contributed by atoms with Crippen LogP contribution in [-0.4, -0.2) is 6.36 Å². The summed E-state index contributed by atoms with van der Waals surface area (Å²) in [5.41, 5.74) is 3.07. The van der Waals surface area contributed by atoms with Gasteiger partial charge in [0, 0.05) is 5.56 Å². The number of aryl methyl sites for hydroxylation is 2. The minimum Gasteiger partial charge on any atom is -0.403 e.